The fraction of sp³-hybridized carbons (Fsp3) is 0.200. The monoisotopic (exact) mass is 486 g/mol. The van der Waals surface area contributed by atoms with Crippen molar-refractivity contribution in [2.75, 3.05) is 12.4 Å². The van der Waals surface area contributed by atoms with Gasteiger partial charge in [-0.25, -0.2) is 0 Å². The summed E-state index contributed by atoms with van der Waals surface area (Å²) in [5, 5.41) is 17.4. The fourth-order valence-corrected chi connectivity index (χ4v) is 3.69. The van der Waals surface area contributed by atoms with E-state index in [0.717, 1.165) is 5.56 Å². The number of hydrogen-bond acceptors (Lipinski definition) is 3. The second-order valence-corrected chi connectivity index (χ2v) is 9.46. The number of aromatic nitrogens is 1. The Morgan fingerprint density at radius 2 is 1.69 bits per heavy atom. The molecule has 0 aliphatic carbocycles. The number of anilines is 1. The largest absolute Gasteiger partial charge is 0.867 e. The van der Waals surface area contributed by atoms with Crippen LogP contribution in [0, 0.1) is 0 Å². The van der Waals surface area contributed by atoms with Gasteiger partial charge in [-0.05, 0) is 46.6 Å². The molecule has 0 saturated carbocycles. The second kappa shape index (κ2) is 9.90. The minimum atomic E-state index is -0.280. The lowest BCUT2D eigenvalue weighted by molar-refractivity contribution is -0.577. The lowest BCUT2D eigenvalue weighted by Gasteiger charge is -2.20. The van der Waals surface area contributed by atoms with Crippen molar-refractivity contribution in [1.82, 2.24) is 0 Å². The molecule has 0 aliphatic heterocycles. The fourth-order valence-electron chi connectivity index (χ4n) is 3.08. The molecule has 1 aromatic heterocycles. The van der Waals surface area contributed by atoms with Crippen molar-refractivity contribution in [3.63, 3.8) is 0 Å². The van der Waals surface area contributed by atoms with E-state index in [1.165, 1.54) is 0 Å². The molecule has 1 heterocycles. The Bertz CT molecular complexity index is 1170. The average molecular weight is 487 g/mol. The van der Waals surface area contributed by atoms with Crippen LogP contribution in [0.1, 0.15) is 31.9 Å². The van der Waals surface area contributed by atoms with E-state index in [0.29, 0.717) is 32.7 Å². The summed E-state index contributed by atoms with van der Waals surface area (Å²) < 4.78 is 7.00. The first-order valence-electron chi connectivity index (χ1n) is 9.94. The normalized spacial score (nSPS) is 12.2. The van der Waals surface area contributed by atoms with Gasteiger partial charge in [-0.15, -0.1) is 0 Å². The molecule has 1 N–H and O–H groups in total. The molecule has 0 saturated heterocycles. The first kappa shape index (κ1) is 24.1. The summed E-state index contributed by atoms with van der Waals surface area (Å²) in [7, 11) is 1.59. The molecule has 3 aromatic rings. The zero-order valence-electron chi connectivity index (χ0n) is 18.3. The number of rotatable bonds is 5. The Morgan fingerprint density at radius 1 is 1.00 bits per heavy atom. The standard InChI is InChI=1S/C25H24Cl2N2O2S/c1-25(2,3)17-10-12-29(13-11-17)22(23(30)16-8-9-20(26)21(27)14-16)24(32)28-18-6-5-7-19(15-18)31-4/h5-15H,1-4H3,(H-,28,30,32). The Kier molecular flexibility index (Phi) is 7.44. The first-order valence-corrected chi connectivity index (χ1v) is 11.1. The van der Waals surface area contributed by atoms with Gasteiger partial charge < -0.3 is 15.2 Å². The lowest BCUT2D eigenvalue weighted by Crippen LogP contribution is -2.40. The van der Waals surface area contributed by atoms with Crippen LogP contribution in [0.25, 0.3) is 11.5 Å². The molecule has 0 unspecified atom stereocenters. The van der Waals surface area contributed by atoms with Crippen molar-refractivity contribution >= 4 is 57.6 Å². The molecular weight excluding hydrogens is 463 g/mol. The van der Waals surface area contributed by atoms with E-state index in [9.17, 15) is 5.11 Å². The molecule has 0 spiro atoms. The smallest absolute Gasteiger partial charge is 0.238 e. The second-order valence-electron chi connectivity index (χ2n) is 8.24. The van der Waals surface area contributed by atoms with Crippen molar-refractivity contribution in [2.45, 2.75) is 26.2 Å². The molecule has 32 heavy (non-hydrogen) atoms. The number of halogens is 2. The molecule has 0 fully saturated rings. The topological polar surface area (TPSA) is 48.2 Å². The molecular formula is C25H24Cl2N2O2S. The van der Waals surface area contributed by atoms with Gasteiger partial charge in [0.15, 0.2) is 17.4 Å². The molecule has 0 radical (unpaired) electrons. The molecule has 0 aliphatic rings. The summed E-state index contributed by atoms with van der Waals surface area (Å²) >= 11 is 17.9. The highest BCUT2D eigenvalue weighted by molar-refractivity contribution is 7.81. The van der Waals surface area contributed by atoms with Crippen molar-refractivity contribution in [3.05, 3.63) is 88.2 Å². The van der Waals surface area contributed by atoms with Crippen LogP contribution in [-0.4, -0.2) is 12.1 Å². The maximum absolute atomic E-state index is 13.5. The zero-order valence-corrected chi connectivity index (χ0v) is 20.6. The maximum Gasteiger partial charge on any atom is 0.238 e. The number of nitrogens with one attached hydrogen (secondary N) is 1. The molecule has 166 valence electrons. The minimum absolute atomic E-state index is 0.0215. The number of benzene rings is 2. The summed E-state index contributed by atoms with van der Waals surface area (Å²) in [6.45, 7) is 6.40. The van der Waals surface area contributed by atoms with Gasteiger partial charge in [0, 0.05) is 23.9 Å². The number of ether oxygens (including phenoxy) is 1. The summed E-state index contributed by atoms with van der Waals surface area (Å²) in [6.07, 6.45) is 3.68. The summed E-state index contributed by atoms with van der Waals surface area (Å²) in [4.78, 5) is 0.267. The van der Waals surface area contributed by atoms with Crippen LogP contribution < -0.4 is 19.7 Å². The number of hydrogen-bond donors (Lipinski definition) is 1. The van der Waals surface area contributed by atoms with Gasteiger partial charge in [-0.1, -0.05) is 68.3 Å². The van der Waals surface area contributed by atoms with Crippen LogP contribution in [-0.2, 0) is 5.41 Å². The third-order valence-electron chi connectivity index (χ3n) is 4.89. The van der Waals surface area contributed by atoms with Crippen molar-refractivity contribution in [1.29, 1.82) is 0 Å². The predicted octanol–water partition coefficient (Wildman–Crippen LogP) is 5.71. The van der Waals surface area contributed by atoms with Crippen LogP contribution in [0.5, 0.6) is 5.75 Å². The highest BCUT2D eigenvalue weighted by Gasteiger charge is 2.21. The van der Waals surface area contributed by atoms with Gasteiger partial charge in [0.25, 0.3) is 0 Å². The predicted molar refractivity (Wildman–Crippen MR) is 134 cm³/mol. The van der Waals surface area contributed by atoms with E-state index in [-0.39, 0.29) is 16.2 Å². The van der Waals surface area contributed by atoms with E-state index in [1.807, 2.05) is 42.7 Å². The van der Waals surface area contributed by atoms with E-state index in [1.54, 1.807) is 35.9 Å². The lowest BCUT2D eigenvalue weighted by atomic mass is 9.88. The molecule has 0 bridgehead atoms. The van der Waals surface area contributed by atoms with Crippen molar-refractivity contribution < 1.29 is 14.4 Å². The van der Waals surface area contributed by atoms with Crippen molar-refractivity contribution in [2.24, 2.45) is 0 Å². The molecule has 3 rings (SSSR count). The van der Waals surface area contributed by atoms with Gasteiger partial charge in [0.1, 0.15) is 5.75 Å². The quantitative estimate of drug-likeness (QED) is 0.217. The number of thiocarbonyl (C=S) groups is 1. The molecule has 0 atom stereocenters. The summed E-state index contributed by atoms with van der Waals surface area (Å²) in [5.74, 6) is 0.398. The highest BCUT2D eigenvalue weighted by atomic mass is 35.5. The highest BCUT2D eigenvalue weighted by Crippen LogP contribution is 2.27. The van der Waals surface area contributed by atoms with Crippen LogP contribution in [0.15, 0.2) is 67.0 Å². The Balaban J connectivity index is 2.09. The molecule has 7 heteroatoms. The Labute approximate surface area is 204 Å². The van der Waals surface area contributed by atoms with Crippen LogP contribution in [0.4, 0.5) is 5.69 Å². The SMILES string of the molecule is COc1cccc(NC(=S)/C(=C(\[O-])c2ccc(Cl)c(Cl)c2)[n+]2ccc(C(C)(C)C)cc2)c1. The zero-order chi connectivity index (χ0) is 23.5. The maximum atomic E-state index is 13.5. The number of pyridine rings is 1. The Morgan fingerprint density at radius 3 is 2.28 bits per heavy atom. The summed E-state index contributed by atoms with van der Waals surface area (Å²) in [5.41, 5.74) is 2.51. The van der Waals surface area contributed by atoms with Gasteiger partial charge in [0.2, 0.25) is 5.70 Å². The van der Waals surface area contributed by atoms with Crippen LogP contribution in [0.3, 0.4) is 0 Å². The third-order valence-corrected chi connectivity index (χ3v) is 5.93. The van der Waals surface area contributed by atoms with Crippen molar-refractivity contribution in [3.8, 4) is 5.75 Å². The molecule has 0 amide bonds. The van der Waals surface area contributed by atoms with E-state index in [2.05, 4.69) is 26.1 Å². The third kappa shape index (κ3) is 5.60. The first-order chi connectivity index (χ1) is 15.1. The molecule has 2 aromatic carbocycles. The molecule has 4 nitrogen and oxygen atoms in total. The number of methoxy groups -OCH3 is 1. The van der Waals surface area contributed by atoms with Gasteiger partial charge in [0.05, 0.1) is 17.2 Å². The van der Waals surface area contributed by atoms with Gasteiger partial charge in [-0.2, -0.15) is 4.57 Å². The van der Waals surface area contributed by atoms with Crippen LogP contribution >= 0.6 is 35.4 Å². The number of nitrogens with zero attached hydrogens (tertiary/aromatic N) is 1. The van der Waals surface area contributed by atoms with Gasteiger partial charge in [-0.3, -0.25) is 0 Å². The van der Waals surface area contributed by atoms with E-state index >= 15 is 0 Å². The van der Waals surface area contributed by atoms with Crippen LogP contribution in [0.2, 0.25) is 10.0 Å². The van der Waals surface area contributed by atoms with E-state index in [4.69, 9.17) is 40.2 Å². The summed E-state index contributed by atoms with van der Waals surface area (Å²) in [6, 6.07) is 16.1. The minimum Gasteiger partial charge on any atom is -0.867 e. The van der Waals surface area contributed by atoms with E-state index < -0.39 is 0 Å². The average Bonchev–Trinajstić information content (AvgIpc) is 2.75. The Hall–Kier alpha value is -2.60. The van der Waals surface area contributed by atoms with Gasteiger partial charge >= 0.3 is 0 Å².